The van der Waals surface area contributed by atoms with Crippen molar-refractivity contribution in [1.29, 1.82) is 0 Å². The highest BCUT2D eigenvalue weighted by molar-refractivity contribution is 9.10. The number of nitrogens with one attached hydrogen (secondary N) is 1. The lowest BCUT2D eigenvalue weighted by molar-refractivity contribution is -0.119. The van der Waals surface area contributed by atoms with Crippen LogP contribution in [0, 0.1) is 0 Å². The molecular weight excluding hydrogens is 332 g/mol. The van der Waals surface area contributed by atoms with Gasteiger partial charge in [0.05, 0.1) is 0 Å². The Labute approximate surface area is 128 Å². The van der Waals surface area contributed by atoms with Crippen LogP contribution in [0.4, 0.5) is 0 Å². The van der Waals surface area contributed by atoms with Gasteiger partial charge in [0.2, 0.25) is 0 Å². The maximum Gasteiger partial charge on any atom is 0.255 e. The van der Waals surface area contributed by atoms with Gasteiger partial charge in [0.1, 0.15) is 5.75 Å². The second kappa shape index (κ2) is 7.72. The minimum atomic E-state index is -0.479. The van der Waals surface area contributed by atoms with Gasteiger partial charge in [-0.05, 0) is 39.0 Å². The number of ether oxygens (including phenoxy) is 1. The van der Waals surface area contributed by atoms with Gasteiger partial charge in [0.15, 0.2) is 6.61 Å². The zero-order valence-corrected chi connectivity index (χ0v) is 13.7. The van der Waals surface area contributed by atoms with Gasteiger partial charge in [0, 0.05) is 22.1 Å². The molecule has 1 amide bonds. The molecule has 0 bridgehead atoms. The summed E-state index contributed by atoms with van der Waals surface area (Å²) in [6.07, 6.45) is 0. The zero-order valence-electron chi connectivity index (χ0n) is 11.3. The van der Waals surface area contributed by atoms with Crippen LogP contribution in [0.5, 0.6) is 5.75 Å². The second-order valence-electron chi connectivity index (χ2n) is 5.11. The number of benzene rings is 1. The molecule has 0 saturated heterocycles. The van der Waals surface area contributed by atoms with Crippen molar-refractivity contribution < 1.29 is 9.53 Å². The van der Waals surface area contributed by atoms with Crippen molar-refractivity contribution in [2.24, 2.45) is 5.73 Å². The van der Waals surface area contributed by atoms with Crippen molar-refractivity contribution in [3.8, 4) is 5.75 Å². The number of halogens is 2. The molecule has 4 nitrogen and oxygen atoms in total. The van der Waals surface area contributed by atoms with Crippen LogP contribution in [0.15, 0.2) is 22.7 Å². The van der Waals surface area contributed by atoms with Gasteiger partial charge in [-0.25, -0.2) is 0 Å². The number of nitrogens with two attached hydrogens (primary N) is 1. The number of carbonyl (C=O) groups excluding carboxylic acids is 1. The van der Waals surface area contributed by atoms with Crippen LogP contribution in [0.25, 0.3) is 0 Å². The van der Waals surface area contributed by atoms with Crippen molar-refractivity contribution in [3.05, 3.63) is 28.2 Å². The normalized spacial score (nSPS) is 10.7. The smallest absolute Gasteiger partial charge is 0.255 e. The maximum atomic E-state index is 10.7. The Morgan fingerprint density at radius 3 is 2.58 bits per heavy atom. The van der Waals surface area contributed by atoms with Crippen molar-refractivity contribution in [2.75, 3.05) is 6.61 Å². The molecular formula is C13H20BrClN2O2. The number of amides is 1. The molecule has 0 aliphatic rings. The first-order valence-corrected chi connectivity index (χ1v) is 6.52. The van der Waals surface area contributed by atoms with E-state index in [0.717, 1.165) is 10.0 Å². The number of rotatable bonds is 5. The molecule has 1 aromatic carbocycles. The summed E-state index contributed by atoms with van der Waals surface area (Å²) in [5.74, 6) is 0.196. The molecule has 0 saturated carbocycles. The maximum absolute atomic E-state index is 10.7. The molecule has 0 heterocycles. The minimum Gasteiger partial charge on any atom is -0.483 e. The molecule has 108 valence electrons. The van der Waals surface area contributed by atoms with Gasteiger partial charge in [-0.1, -0.05) is 15.9 Å². The first-order chi connectivity index (χ1) is 8.28. The van der Waals surface area contributed by atoms with Crippen LogP contribution in [0.1, 0.15) is 26.3 Å². The van der Waals surface area contributed by atoms with E-state index >= 15 is 0 Å². The van der Waals surface area contributed by atoms with Gasteiger partial charge in [-0.3, -0.25) is 4.79 Å². The molecule has 0 aromatic heterocycles. The lowest BCUT2D eigenvalue weighted by Crippen LogP contribution is -2.35. The molecule has 0 fully saturated rings. The summed E-state index contributed by atoms with van der Waals surface area (Å²) >= 11 is 3.42. The van der Waals surface area contributed by atoms with Gasteiger partial charge >= 0.3 is 0 Å². The average Bonchev–Trinajstić information content (AvgIpc) is 2.23. The molecule has 0 aliphatic carbocycles. The Balaban J connectivity index is 0.00000324. The van der Waals surface area contributed by atoms with Crippen molar-refractivity contribution in [1.82, 2.24) is 5.32 Å². The molecule has 0 atom stereocenters. The molecule has 0 unspecified atom stereocenters. The standard InChI is InChI=1S/C13H19BrN2O2.ClH/c1-13(2,3)16-7-9-6-10(14)4-5-11(9)18-8-12(15)17;/h4-6,16H,7-8H2,1-3H3,(H2,15,17);1H. The van der Waals surface area contributed by atoms with E-state index in [1.165, 1.54) is 0 Å². The van der Waals surface area contributed by atoms with E-state index in [1.54, 1.807) is 0 Å². The van der Waals surface area contributed by atoms with E-state index in [2.05, 4.69) is 42.0 Å². The molecule has 3 N–H and O–H groups in total. The molecule has 1 rings (SSSR count). The van der Waals surface area contributed by atoms with Crippen LogP contribution in [0.2, 0.25) is 0 Å². The predicted molar refractivity (Wildman–Crippen MR) is 82.7 cm³/mol. The molecule has 6 heteroatoms. The van der Waals surface area contributed by atoms with E-state index in [-0.39, 0.29) is 24.6 Å². The SMILES string of the molecule is CC(C)(C)NCc1cc(Br)ccc1OCC(N)=O.Cl. The van der Waals surface area contributed by atoms with Gasteiger partial charge in [-0.15, -0.1) is 12.4 Å². The van der Waals surface area contributed by atoms with Gasteiger partial charge < -0.3 is 15.8 Å². The summed E-state index contributed by atoms with van der Waals surface area (Å²) in [5.41, 5.74) is 6.08. The summed E-state index contributed by atoms with van der Waals surface area (Å²) in [5, 5.41) is 3.38. The van der Waals surface area contributed by atoms with Crippen molar-refractivity contribution in [3.63, 3.8) is 0 Å². The Hall–Kier alpha value is -0.780. The molecule has 19 heavy (non-hydrogen) atoms. The first kappa shape index (κ1) is 18.2. The van der Waals surface area contributed by atoms with E-state index in [4.69, 9.17) is 10.5 Å². The highest BCUT2D eigenvalue weighted by atomic mass is 79.9. The monoisotopic (exact) mass is 350 g/mol. The van der Waals surface area contributed by atoms with E-state index in [9.17, 15) is 4.79 Å². The van der Waals surface area contributed by atoms with Crippen LogP contribution in [-0.4, -0.2) is 18.1 Å². The fourth-order valence-corrected chi connectivity index (χ4v) is 1.74. The fraction of sp³-hybridized carbons (Fsp3) is 0.462. The Morgan fingerprint density at radius 2 is 2.05 bits per heavy atom. The van der Waals surface area contributed by atoms with E-state index < -0.39 is 5.91 Å². The summed E-state index contributed by atoms with van der Waals surface area (Å²) < 4.78 is 6.36. The van der Waals surface area contributed by atoms with E-state index in [1.807, 2.05) is 18.2 Å². The Bertz CT molecular complexity index is 433. The highest BCUT2D eigenvalue weighted by Gasteiger charge is 2.11. The summed E-state index contributed by atoms with van der Waals surface area (Å²) in [4.78, 5) is 10.7. The minimum absolute atomic E-state index is 0. The lowest BCUT2D eigenvalue weighted by atomic mass is 10.1. The molecule has 0 radical (unpaired) electrons. The van der Waals surface area contributed by atoms with Crippen LogP contribution >= 0.6 is 28.3 Å². The summed E-state index contributed by atoms with van der Waals surface area (Å²) in [6.45, 7) is 6.83. The molecule has 0 spiro atoms. The third-order valence-electron chi connectivity index (χ3n) is 2.20. The predicted octanol–water partition coefficient (Wildman–Crippen LogP) is 2.62. The first-order valence-electron chi connectivity index (χ1n) is 5.72. The lowest BCUT2D eigenvalue weighted by Gasteiger charge is -2.21. The number of carbonyl (C=O) groups is 1. The summed E-state index contributed by atoms with van der Waals surface area (Å²) in [7, 11) is 0. The fourth-order valence-electron chi connectivity index (χ4n) is 1.34. The van der Waals surface area contributed by atoms with Gasteiger partial charge in [-0.2, -0.15) is 0 Å². The quantitative estimate of drug-likeness (QED) is 0.857. The number of hydrogen-bond acceptors (Lipinski definition) is 3. The Kier molecular flexibility index (Phi) is 7.41. The average molecular weight is 352 g/mol. The van der Waals surface area contributed by atoms with Gasteiger partial charge in [0.25, 0.3) is 5.91 Å². The molecule has 1 aromatic rings. The Morgan fingerprint density at radius 1 is 1.42 bits per heavy atom. The highest BCUT2D eigenvalue weighted by Crippen LogP contribution is 2.23. The third kappa shape index (κ3) is 7.40. The summed E-state index contributed by atoms with van der Waals surface area (Å²) in [6, 6.07) is 5.67. The largest absolute Gasteiger partial charge is 0.483 e. The van der Waals surface area contributed by atoms with Crippen LogP contribution in [0.3, 0.4) is 0 Å². The van der Waals surface area contributed by atoms with Crippen LogP contribution < -0.4 is 15.8 Å². The van der Waals surface area contributed by atoms with Crippen LogP contribution in [-0.2, 0) is 11.3 Å². The second-order valence-corrected chi connectivity index (χ2v) is 6.03. The third-order valence-corrected chi connectivity index (χ3v) is 2.69. The van der Waals surface area contributed by atoms with Crippen molar-refractivity contribution in [2.45, 2.75) is 32.9 Å². The number of hydrogen-bond donors (Lipinski definition) is 2. The zero-order chi connectivity index (χ0) is 13.8. The molecule has 0 aliphatic heterocycles. The number of primary amides is 1. The van der Waals surface area contributed by atoms with E-state index in [0.29, 0.717) is 12.3 Å². The topological polar surface area (TPSA) is 64.3 Å². The van der Waals surface area contributed by atoms with Crippen molar-refractivity contribution >= 4 is 34.2 Å².